The Morgan fingerprint density at radius 1 is 1.33 bits per heavy atom. The summed E-state index contributed by atoms with van der Waals surface area (Å²) in [6.45, 7) is 5.66. The Balaban J connectivity index is 1.79. The molecule has 3 rings (SSSR count). The number of benzene rings is 1. The third kappa shape index (κ3) is 2.60. The van der Waals surface area contributed by atoms with Crippen LogP contribution in [0.3, 0.4) is 0 Å². The number of hydrogen-bond acceptors (Lipinski definition) is 2. The summed E-state index contributed by atoms with van der Waals surface area (Å²) in [4.78, 5) is 0. The van der Waals surface area contributed by atoms with Crippen molar-refractivity contribution in [1.29, 1.82) is 0 Å². The van der Waals surface area contributed by atoms with Crippen molar-refractivity contribution in [3.8, 4) is 0 Å². The van der Waals surface area contributed by atoms with E-state index in [-0.39, 0.29) is 0 Å². The van der Waals surface area contributed by atoms with Gasteiger partial charge in [0.2, 0.25) is 0 Å². The van der Waals surface area contributed by atoms with Gasteiger partial charge in [0.25, 0.3) is 0 Å². The molecule has 1 aliphatic carbocycles. The number of hydrogen-bond donors (Lipinski definition) is 1. The van der Waals surface area contributed by atoms with Gasteiger partial charge >= 0.3 is 0 Å². The molecule has 2 heteroatoms. The van der Waals surface area contributed by atoms with Crippen molar-refractivity contribution in [3.05, 3.63) is 34.7 Å². The van der Waals surface area contributed by atoms with Crippen molar-refractivity contribution in [1.82, 2.24) is 5.32 Å². The van der Waals surface area contributed by atoms with Crippen LogP contribution < -0.4 is 5.32 Å². The summed E-state index contributed by atoms with van der Waals surface area (Å²) in [6.07, 6.45) is 3.92. The molecule has 0 amide bonds. The third-order valence-electron chi connectivity index (χ3n) is 3.75. The molecule has 1 aliphatic rings. The van der Waals surface area contributed by atoms with Crippen LogP contribution in [-0.4, -0.2) is 12.6 Å². The second-order valence-electron chi connectivity index (χ2n) is 5.65. The van der Waals surface area contributed by atoms with Crippen LogP contribution in [-0.2, 0) is 6.42 Å². The van der Waals surface area contributed by atoms with Gasteiger partial charge in [-0.2, -0.15) is 0 Å². The highest BCUT2D eigenvalue weighted by Gasteiger charge is 2.19. The SMILES string of the molecule is CC(C)c1ccc2scc(CCNC3CC3)c2c1. The molecule has 96 valence electrons. The van der Waals surface area contributed by atoms with E-state index in [4.69, 9.17) is 0 Å². The summed E-state index contributed by atoms with van der Waals surface area (Å²) < 4.78 is 1.43. The molecule has 1 nitrogen and oxygen atoms in total. The van der Waals surface area contributed by atoms with E-state index in [2.05, 4.69) is 42.7 Å². The van der Waals surface area contributed by atoms with Crippen LogP contribution in [0.4, 0.5) is 0 Å². The van der Waals surface area contributed by atoms with Gasteiger partial charge in [-0.1, -0.05) is 19.9 Å². The van der Waals surface area contributed by atoms with Crippen LogP contribution >= 0.6 is 11.3 Å². The molecule has 2 aromatic rings. The fraction of sp³-hybridized carbons (Fsp3) is 0.500. The van der Waals surface area contributed by atoms with Crippen molar-refractivity contribution in [3.63, 3.8) is 0 Å². The molecule has 0 aliphatic heterocycles. The van der Waals surface area contributed by atoms with Gasteiger partial charge in [-0.15, -0.1) is 11.3 Å². The van der Waals surface area contributed by atoms with Crippen molar-refractivity contribution in [2.75, 3.05) is 6.54 Å². The first kappa shape index (κ1) is 12.2. The molecule has 0 bridgehead atoms. The Morgan fingerprint density at radius 3 is 2.89 bits per heavy atom. The number of nitrogens with one attached hydrogen (secondary N) is 1. The normalized spacial score (nSPS) is 15.7. The highest BCUT2D eigenvalue weighted by molar-refractivity contribution is 7.17. The van der Waals surface area contributed by atoms with Gasteiger partial charge in [-0.05, 0) is 65.8 Å². The Morgan fingerprint density at radius 2 is 2.17 bits per heavy atom. The molecule has 1 aromatic heterocycles. The highest BCUT2D eigenvalue weighted by Crippen LogP contribution is 2.29. The molecule has 1 fully saturated rings. The van der Waals surface area contributed by atoms with E-state index >= 15 is 0 Å². The molecule has 0 atom stereocenters. The summed E-state index contributed by atoms with van der Waals surface area (Å²) in [5.41, 5.74) is 2.97. The largest absolute Gasteiger partial charge is 0.314 e. The summed E-state index contributed by atoms with van der Waals surface area (Å²) in [7, 11) is 0. The van der Waals surface area contributed by atoms with Crippen LogP contribution in [0.5, 0.6) is 0 Å². The second kappa shape index (κ2) is 5.02. The molecule has 0 unspecified atom stereocenters. The first-order chi connectivity index (χ1) is 8.74. The number of rotatable bonds is 5. The molecule has 1 N–H and O–H groups in total. The van der Waals surface area contributed by atoms with E-state index in [1.807, 2.05) is 11.3 Å². The van der Waals surface area contributed by atoms with Gasteiger partial charge in [0, 0.05) is 10.7 Å². The second-order valence-corrected chi connectivity index (χ2v) is 6.56. The predicted octanol–water partition coefficient (Wildman–Crippen LogP) is 4.32. The van der Waals surface area contributed by atoms with Crippen molar-refractivity contribution in [2.45, 2.75) is 45.1 Å². The lowest BCUT2D eigenvalue weighted by Crippen LogP contribution is -2.19. The zero-order valence-electron chi connectivity index (χ0n) is 11.2. The maximum atomic E-state index is 3.60. The summed E-state index contributed by atoms with van der Waals surface area (Å²) in [5.74, 6) is 0.617. The monoisotopic (exact) mass is 259 g/mol. The van der Waals surface area contributed by atoms with Crippen molar-refractivity contribution in [2.24, 2.45) is 0 Å². The highest BCUT2D eigenvalue weighted by atomic mass is 32.1. The van der Waals surface area contributed by atoms with E-state index in [0.717, 1.165) is 19.0 Å². The standard InChI is InChI=1S/C16H21NS/c1-11(2)12-3-6-16-15(9-12)13(10-18-16)7-8-17-14-4-5-14/h3,6,9-11,14,17H,4-5,7-8H2,1-2H3. The lowest BCUT2D eigenvalue weighted by Gasteiger charge is -2.06. The zero-order valence-corrected chi connectivity index (χ0v) is 12.0. The van der Waals surface area contributed by atoms with Crippen molar-refractivity contribution >= 4 is 21.4 Å². The summed E-state index contributed by atoms with van der Waals surface area (Å²) in [6, 6.07) is 7.77. The van der Waals surface area contributed by atoms with E-state index in [1.54, 1.807) is 0 Å². The van der Waals surface area contributed by atoms with Crippen LogP contribution in [0.15, 0.2) is 23.6 Å². The molecule has 1 aromatic carbocycles. The molecule has 0 saturated heterocycles. The Hall–Kier alpha value is -0.860. The summed E-state index contributed by atoms with van der Waals surface area (Å²) in [5, 5.41) is 7.41. The average molecular weight is 259 g/mol. The molecular weight excluding hydrogens is 238 g/mol. The van der Waals surface area contributed by atoms with Gasteiger partial charge in [0.05, 0.1) is 0 Å². The van der Waals surface area contributed by atoms with Crippen LogP contribution in [0.2, 0.25) is 0 Å². The minimum Gasteiger partial charge on any atom is -0.314 e. The lowest BCUT2D eigenvalue weighted by atomic mass is 10.00. The third-order valence-corrected chi connectivity index (χ3v) is 4.76. The average Bonchev–Trinajstić information content (AvgIpc) is 3.09. The van der Waals surface area contributed by atoms with Crippen LogP contribution in [0.25, 0.3) is 10.1 Å². The maximum Gasteiger partial charge on any atom is 0.0345 e. The smallest absolute Gasteiger partial charge is 0.0345 e. The van der Waals surface area contributed by atoms with E-state index in [9.17, 15) is 0 Å². The number of thiophene rings is 1. The van der Waals surface area contributed by atoms with Gasteiger partial charge < -0.3 is 5.32 Å². The fourth-order valence-corrected chi connectivity index (χ4v) is 3.33. The minimum atomic E-state index is 0.617. The predicted molar refractivity (Wildman–Crippen MR) is 80.6 cm³/mol. The summed E-state index contributed by atoms with van der Waals surface area (Å²) >= 11 is 1.88. The molecular formula is C16H21NS. The quantitative estimate of drug-likeness (QED) is 0.843. The van der Waals surface area contributed by atoms with E-state index < -0.39 is 0 Å². The number of fused-ring (bicyclic) bond motifs is 1. The Labute approximate surface area is 113 Å². The maximum absolute atomic E-state index is 3.60. The minimum absolute atomic E-state index is 0.617. The Bertz CT molecular complexity index is 537. The Kier molecular flexibility index (Phi) is 3.40. The molecule has 1 saturated carbocycles. The van der Waals surface area contributed by atoms with Gasteiger partial charge in [0.15, 0.2) is 0 Å². The lowest BCUT2D eigenvalue weighted by molar-refractivity contribution is 0.684. The zero-order chi connectivity index (χ0) is 12.5. The van der Waals surface area contributed by atoms with Crippen LogP contribution in [0.1, 0.15) is 43.7 Å². The van der Waals surface area contributed by atoms with E-state index in [0.29, 0.717) is 5.92 Å². The van der Waals surface area contributed by atoms with Crippen molar-refractivity contribution < 1.29 is 0 Å². The van der Waals surface area contributed by atoms with E-state index in [1.165, 1.54) is 34.1 Å². The molecule has 1 heterocycles. The molecule has 18 heavy (non-hydrogen) atoms. The topological polar surface area (TPSA) is 12.0 Å². The molecule has 0 radical (unpaired) electrons. The van der Waals surface area contributed by atoms with Gasteiger partial charge in [-0.3, -0.25) is 0 Å². The van der Waals surface area contributed by atoms with Gasteiger partial charge in [0.1, 0.15) is 0 Å². The fourth-order valence-electron chi connectivity index (χ4n) is 2.35. The molecule has 0 spiro atoms. The van der Waals surface area contributed by atoms with Crippen LogP contribution in [0, 0.1) is 0 Å². The first-order valence-electron chi connectivity index (χ1n) is 6.97. The first-order valence-corrected chi connectivity index (χ1v) is 7.85. The van der Waals surface area contributed by atoms with Gasteiger partial charge in [-0.25, -0.2) is 0 Å².